The quantitative estimate of drug-likeness (QED) is 0.292. The molecule has 1 aromatic carbocycles. The van der Waals surface area contributed by atoms with E-state index in [0.29, 0.717) is 17.9 Å². The van der Waals surface area contributed by atoms with E-state index in [1.165, 1.54) is 0 Å². The van der Waals surface area contributed by atoms with Crippen LogP contribution in [0, 0.1) is 6.92 Å². The Kier molecular flexibility index (Phi) is 6.17. The molecule has 0 aliphatic rings. The van der Waals surface area contributed by atoms with Gasteiger partial charge in [0.1, 0.15) is 12.2 Å². The molecule has 2 heterocycles. The summed E-state index contributed by atoms with van der Waals surface area (Å²) in [6, 6.07) is 7.23. The highest BCUT2D eigenvalue weighted by atomic mass is 32.1. The van der Waals surface area contributed by atoms with Crippen molar-refractivity contribution in [3.05, 3.63) is 45.6 Å². The van der Waals surface area contributed by atoms with Crippen molar-refractivity contribution in [2.75, 3.05) is 25.1 Å². The first kappa shape index (κ1) is 19.7. The zero-order valence-electron chi connectivity index (χ0n) is 15.3. The molecule has 0 atom stereocenters. The van der Waals surface area contributed by atoms with Crippen LogP contribution in [0.15, 0.2) is 38.9 Å². The molecule has 0 saturated heterocycles. The lowest BCUT2D eigenvalue weighted by Crippen LogP contribution is -2.26. The molecule has 3 aromatic rings. The maximum absolute atomic E-state index is 12.3. The molecule has 0 radical (unpaired) electrons. The number of aryl methyl sites for hydroxylation is 1. The molecule has 0 bridgehead atoms. The van der Waals surface area contributed by atoms with Crippen molar-refractivity contribution >= 4 is 39.3 Å². The number of amides is 1. The minimum Gasteiger partial charge on any atom is -0.456 e. The number of fused-ring (bicyclic) bond motifs is 1. The molecule has 0 fully saturated rings. The Labute approximate surface area is 164 Å². The van der Waals surface area contributed by atoms with Gasteiger partial charge in [0.25, 0.3) is 0 Å². The number of esters is 1. The van der Waals surface area contributed by atoms with Gasteiger partial charge in [-0.2, -0.15) is 0 Å². The lowest BCUT2D eigenvalue weighted by molar-refractivity contribution is -0.153. The Morgan fingerprint density at radius 1 is 1.25 bits per heavy atom. The first-order valence-electron chi connectivity index (χ1n) is 8.54. The van der Waals surface area contributed by atoms with E-state index in [0.717, 1.165) is 22.3 Å². The third-order valence-electron chi connectivity index (χ3n) is 3.74. The number of aromatic nitrogens is 1. The van der Waals surface area contributed by atoms with Gasteiger partial charge in [0.15, 0.2) is 5.13 Å². The molecule has 1 amide bonds. The molecule has 28 heavy (non-hydrogen) atoms. The molecule has 3 rings (SSSR count). The highest BCUT2D eigenvalue weighted by Gasteiger charge is 2.18. The Hall–Kier alpha value is -3.04. The third-order valence-corrected chi connectivity index (χ3v) is 4.50. The smallest absolute Gasteiger partial charge is 0.397 e. The standard InChI is InChI=1S/C19H18N2O6S/c1-3-25-6-7-26-18(24)16(22)21-19-20-14(10-28-19)13-9-12-5-4-11(2)8-15(12)27-17(13)23/h4-5,8-10H,3,6-7H2,1-2H3,(H,20,21,22). The van der Waals surface area contributed by atoms with Crippen LogP contribution < -0.4 is 10.9 Å². The number of benzene rings is 1. The molecular formula is C19H18N2O6S. The topological polar surface area (TPSA) is 108 Å². The molecule has 8 nitrogen and oxygen atoms in total. The third kappa shape index (κ3) is 4.62. The summed E-state index contributed by atoms with van der Waals surface area (Å²) >= 11 is 1.08. The molecule has 0 saturated carbocycles. The summed E-state index contributed by atoms with van der Waals surface area (Å²) in [5.74, 6) is -1.98. The predicted molar refractivity (Wildman–Crippen MR) is 104 cm³/mol. The van der Waals surface area contributed by atoms with Crippen LogP contribution in [0.25, 0.3) is 22.2 Å². The summed E-state index contributed by atoms with van der Waals surface area (Å²) < 4.78 is 15.2. The van der Waals surface area contributed by atoms with E-state index >= 15 is 0 Å². The molecule has 1 N–H and O–H groups in total. The number of carbonyl (C=O) groups is 2. The van der Waals surface area contributed by atoms with Crippen molar-refractivity contribution in [2.45, 2.75) is 13.8 Å². The number of hydrogen-bond acceptors (Lipinski definition) is 8. The van der Waals surface area contributed by atoms with E-state index < -0.39 is 17.5 Å². The van der Waals surface area contributed by atoms with Gasteiger partial charge in [-0.3, -0.25) is 10.1 Å². The fourth-order valence-electron chi connectivity index (χ4n) is 2.40. The van der Waals surface area contributed by atoms with Crippen LogP contribution in [0.3, 0.4) is 0 Å². The van der Waals surface area contributed by atoms with Crippen molar-refractivity contribution in [3.63, 3.8) is 0 Å². The zero-order valence-corrected chi connectivity index (χ0v) is 16.1. The second-order valence-electron chi connectivity index (χ2n) is 5.81. The van der Waals surface area contributed by atoms with E-state index in [1.54, 1.807) is 17.5 Å². The number of nitrogens with zero attached hydrogens (tertiary/aromatic N) is 1. The summed E-state index contributed by atoms with van der Waals surface area (Å²) in [5.41, 5.74) is 1.56. The normalized spacial score (nSPS) is 10.8. The minimum atomic E-state index is -1.03. The number of carbonyl (C=O) groups excluding carboxylic acids is 2. The monoisotopic (exact) mass is 402 g/mol. The zero-order chi connectivity index (χ0) is 20.1. The van der Waals surface area contributed by atoms with Gasteiger partial charge in [-0.1, -0.05) is 12.1 Å². The Morgan fingerprint density at radius 3 is 2.86 bits per heavy atom. The number of rotatable bonds is 6. The Balaban J connectivity index is 1.72. The van der Waals surface area contributed by atoms with E-state index in [9.17, 15) is 14.4 Å². The first-order chi connectivity index (χ1) is 13.5. The molecule has 9 heteroatoms. The van der Waals surface area contributed by atoms with Crippen LogP contribution in [0.1, 0.15) is 12.5 Å². The second kappa shape index (κ2) is 8.77. The lowest BCUT2D eigenvalue weighted by atomic mass is 10.1. The summed E-state index contributed by atoms with van der Waals surface area (Å²) in [6.45, 7) is 4.42. The maximum Gasteiger partial charge on any atom is 0.397 e. The molecular weight excluding hydrogens is 384 g/mol. The first-order valence-corrected chi connectivity index (χ1v) is 9.42. The Morgan fingerprint density at radius 2 is 2.07 bits per heavy atom. The average Bonchev–Trinajstić information content (AvgIpc) is 3.12. The van der Waals surface area contributed by atoms with Crippen LogP contribution >= 0.6 is 11.3 Å². The maximum atomic E-state index is 12.3. The van der Waals surface area contributed by atoms with Crippen molar-refractivity contribution in [2.24, 2.45) is 0 Å². The van der Waals surface area contributed by atoms with Crippen molar-refractivity contribution in [1.29, 1.82) is 0 Å². The number of hydrogen-bond donors (Lipinski definition) is 1. The van der Waals surface area contributed by atoms with E-state index in [2.05, 4.69) is 10.3 Å². The summed E-state index contributed by atoms with van der Waals surface area (Å²) in [7, 11) is 0. The van der Waals surface area contributed by atoms with Gasteiger partial charge in [0.2, 0.25) is 0 Å². The highest BCUT2D eigenvalue weighted by Crippen LogP contribution is 2.25. The van der Waals surface area contributed by atoms with Crippen LogP contribution in [0.2, 0.25) is 0 Å². The fraction of sp³-hybridized carbons (Fsp3) is 0.263. The summed E-state index contributed by atoms with van der Waals surface area (Å²) in [5, 5.41) is 4.89. The average molecular weight is 402 g/mol. The van der Waals surface area contributed by atoms with Gasteiger partial charge in [0, 0.05) is 17.4 Å². The van der Waals surface area contributed by atoms with Gasteiger partial charge in [-0.15, -0.1) is 11.3 Å². The van der Waals surface area contributed by atoms with E-state index in [-0.39, 0.29) is 23.9 Å². The van der Waals surface area contributed by atoms with Gasteiger partial charge in [-0.25, -0.2) is 14.6 Å². The molecule has 0 unspecified atom stereocenters. The Bertz CT molecular complexity index is 1070. The van der Waals surface area contributed by atoms with Crippen molar-refractivity contribution in [3.8, 4) is 11.3 Å². The number of nitrogens with one attached hydrogen (secondary N) is 1. The van der Waals surface area contributed by atoms with Crippen molar-refractivity contribution in [1.82, 2.24) is 4.98 Å². The van der Waals surface area contributed by atoms with Crippen LogP contribution in [-0.4, -0.2) is 36.7 Å². The van der Waals surface area contributed by atoms with Gasteiger partial charge in [-0.05, 0) is 31.5 Å². The van der Waals surface area contributed by atoms with Crippen molar-refractivity contribution < 1.29 is 23.5 Å². The number of anilines is 1. The van der Waals surface area contributed by atoms with Gasteiger partial charge < -0.3 is 13.9 Å². The molecule has 146 valence electrons. The molecule has 2 aromatic heterocycles. The van der Waals surface area contributed by atoms with Crippen LogP contribution in [0.5, 0.6) is 0 Å². The van der Waals surface area contributed by atoms with Crippen LogP contribution in [0.4, 0.5) is 5.13 Å². The number of ether oxygens (including phenoxy) is 2. The van der Waals surface area contributed by atoms with E-state index in [1.807, 2.05) is 26.0 Å². The lowest BCUT2D eigenvalue weighted by Gasteiger charge is -2.04. The predicted octanol–water partition coefficient (Wildman–Crippen LogP) is 2.74. The summed E-state index contributed by atoms with van der Waals surface area (Å²) in [4.78, 5) is 40.0. The van der Waals surface area contributed by atoms with Crippen LogP contribution in [-0.2, 0) is 19.1 Å². The summed E-state index contributed by atoms with van der Waals surface area (Å²) in [6.07, 6.45) is 0. The van der Waals surface area contributed by atoms with E-state index in [4.69, 9.17) is 13.9 Å². The highest BCUT2D eigenvalue weighted by molar-refractivity contribution is 7.14. The van der Waals surface area contributed by atoms with Gasteiger partial charge >= 0.3 is 17.5 Å². The largest absolute Gasteiger partial charge is 0.456 e. The SMILES string of the molecule is CCOCCOC(=O)C(=O)Nc1nc(-c2cc3ccc(C)cc3oc2=O)cs1. The number of thiazole rings is 1. The fourth-order valence-corrected chi connectivity index (χ4v) is 3.11. The molecule has 0 spiro atoms. The van der Waals surface area contributed by atoms with Gasteiger partial charge in [0.05, 0.1) is 17.9 Å². The minimum absolute atomic E-state index is 0.0131. The second-order valence-corrected chi connectivity index (χ2v) is 6.67. The molecule has 0 aliphatic heterocycles. The molecule has 0 aliphatic carbocycles.